The van der Waals surface area contributed by atoms with E-state index in [0.717, 1.165) is 27.1 Å². The zero-order valence-corrected chi connectivity index (χ0v) is 14.8. The van der Waals surface area contributed by atoms with Crippen molar-refractivity contribution in [3.63, 3.8) is 0 Å². The van der Waals surface area contributed by atoms with E-state index in [4.69, 9.17) is 0 Å². The summed E-state index contributed by atoms with van der Waals surface area (Å²) in [6, 6.07) is 10.2. The van der Waals surface area contributed by atoms with Gasteiger partial charge in [0.25, 0.3) is 0 Å². The van der Waals surface area contributed by atoms with Gasteiger partial charge in [-0.25, -0.2) is 0 Å². The molecule has 2 aromatic rings. The molecule has 1 aromatic carbocycles. The molecule has 112 valence electrons. The second-order valence-corrected chi connectivity index (χ2v) is 7.85. The highest BCUT2D eigenvalue weighted by Gasteiger charge is 2.09. The summed E-state index contributed by atoms with van der Waals surface area (Å²) in [5, 5.41) is 2.96. The van der Waals surface area contributed by atoms with E-state index < -0.39 is 0 Å². The summed E-state index contributed by atoms with van der Waals surface area (Å²) >= 11 is 5.15. The molecule has 3 nitrogen and oxygen atoms in total. The van der Waals surface area contributed by atoms with Gasteiger partial charge >= 0.3 is 0 Å². The van der Waals surface area contributed by atoms with Gasteiger partial charge in [-0.3, -0.25) is 9.69 Å². The van der Waals surface area contributed by atoms with Crippen LogP contribution in [0.1, 0.15) is 16.0 Å². The number of hydrogen-bond acceptors (Lipinski definition) is 3. The van der Waals surface area contributed by atoms with Crippen molar-refractivity contribution in [2.75, 3.05) is 18.9 Å². The molecule has 0 spiro atoms. The third-order valence-electron chi connectivity index (χ3n) is 2.97. The average molecular weight is 367 g/mol. The van der Waals surface area contributed by atoms with Crippen LogP contribution >= 0.6 is 27.3 Å². The van der Waals surface area contributed by atoms with E-state index in [-0.39, 0.29) is 5.91 Å². The van der Waals surface area contributed by atoms with E-state index >= 15 is 0 Å². The van der Waals surface area contributed by atoms with E-state index in [0.29, 0.717) is 6.54 Å². The minimum Gasteiger partial charge on any atom is -0.325 e. The molecule has 0 bridgehead atoms. The maximum absolute atomic E-state index is 12.1. The fourth-order valence-electron chi connectivity index (χ4n) is 2.25. The molecular weight excluding hydrogens is 348 g/mol. The minimum absolute atomic E-state index is 0.0121. The molecule has 0 saturated carbocycles. The average Bonchev–Trinajstić information content (AvgIpc) is 2.72. The molecule has 0 unspecified atom stereocenters. The summed E-state index contributed by atoms with van der Waals surface area (Å²) in [5.41, 5.74) is 3.17. The topological polar surface area (TPSA) is 32.3 Å². The van der Waals surface area contributed by atoms with Gasteiger partial charge in [0.2, 0.25) is 5.91 Å². The summed E-state index contributed by atoms with van der Waals surface area (Å²) in [7, 11) is 1.95. The Morgan fingerprint density at radius 3 is 2.48 bits per heavy atom. The van der Waals surface area contributed by atoms with Gasteiger partial charge in [0.15, 0.2) is 0 Å². The van der Waals surface area contributed by atoms with Crippen LogP contribution < -0.4 is 5.32 Å². The quantitative estimate of drug-likeness (QED) is 0.859. The molecule has 1 aromatic heterocycles. The molecule has 21 heavy (non-hydrogen) atoms. The van der Waals surface area contributed by atoms with Crippen LogP contribution in [0.25, 0.3) is 0 Å². The van der Waals surface area contributed by atoms with E-state index in [1.54, 1.807) is 11.3 Å². The van der Waals surface area contributed by atoms with Crippen molar-refractivity contribution in [1.29, 1.82) is 0 Å². The second-order valence-electron chi connectivity index (χ2n) is 5.30. The van der Waals surface area contributed by atoms with Gasteiger partial charge in [0.05, 0.1) is 10.3 Å². The number of nitrogens with one attached hydrogen (secondary N) is 1. The number of likely N-dealkylation sites (N-methyl/N-ethyl adjacent to an activating group) is 1. The van der Waals surface area contributed by atoms with Gasteiger partial charge in [0, 0.05) is 17.1 Å². The highest BCUT2D eigenvalue weighted by molar-refractivity contribution is 9.11. The zero-order valence-electron chi connectivity index (χ0n) is 12.4. The summed E-state index contributed by atoms with van der Waals surface area (Å²) in [6.45, 7) is 5.21. The number of amides is 1. The van der Waals surface area contributed by atoms with Gasteiger partial charge < -0.3 is 5.32 Å². The molecule has 1 heterocycles. The van der Waals surface area contributed by atoms with Crippen LogP contribution in [-0.4, -0.2) is 24.4 Å². The third kappa shape index (κ3) is 5.26. The highest BCUT2D eigenvalue weighted by Crippen LogP contribution is 2.23. The molecular formula is C16H19BrN2OS. The Labute approximate surface area is 138 Å². The zero-order chi connectivity index (χ0) is 15.4. The van der Waals surface area contributed by atoms with Gasteiger partial charge in [-0.2, -0.15) is 0 Å². The lowest BCUT2D eigenvalue weighted by Gasteiger charge is -2.15. The van der Waals surface area contributed by atoms with E-state index in [1.165, 1.54) is 4.88 Å². The fraction of sp³-hybridized carbons (Fsp3) is 0.312. The Morgan fingerprint density at radius 1 is 1.24 bits per heavy atom. The number of aryl methyl sites for hydroxylation is 2. The first-order valence-electron chi connectivity index (χ1n) is 6.73. The number of carbonyl (C=O) groups is 1. The SMILES string of the molecule is Cc1cc(C)cc(NC(=O)CN(C)Cc2ccc(Br)s2)c1. The Hall–Kier alpha value is -1.17. The lowest BCUT2D eigenvalue weighted by Crippen LogP contribution is -2.29. The lowest BCUT2D eigenvalue weighted by atomic mass is 10.1. The molecule has 5 heteroatoms. The minimum atomic E-state index is 0.0121. The largest absolute Gasteiger partial charge is 0.325 e. The standard InChI is InChI=1S/C16H19BrN2OS/c1-11-6-12(2)8-13(7-11)18-16(20)10-19(3)9-14-4-5-15(17)21-14/h4-8H,9-10H2,1-3H3,(H,18,20). The molecule has 0 aliphatic heterocycles. The molecule has 0 aliphatic rings. The molecule has 0 atom stereocenters. The number of anilines is 1. The predicted octanol–water partition coefficient (Wildman–Crippen LogP) is 4.20. The van der Waals surface area contributed by atoms with E-state index in [9.17, 15) is 4.79 Å². The number of carbonyl (C=O) groups excluding carboxylic acids is 1. The maximum Gasteiger partial charge on any atom is 0.238 e. The van der Waals surface area contributed by atoms with Gasteiger partial charge in [0.1, 0.15) is 0 Å². The monoisotopic (exact) mass is 366 g/mol. The molecule has 0 fully saturated rings. The lowest BCUT2D eigenvalue weighted by molar-refractivity contribution is -0.117. The summed E-state index contributed by atoms with van der Waals surface area (Å²) in [5.74, 6) is 0.0121. The third-order valence-corrected chi connectivity index (χ3v) is 4.58. The number of halogens is 1. The first-order chi connectivity index (χ1) is 9.92. The van der Waals surface area contributed by atoms with Crippen molar-refractivity contribution in [2.45, 2.75) is 20.4 Å². The number of nitrogens with zero attached hydrogens (tertiary/aromatic N) is 1. The van der Waals surface area contributed by atoms with E-state index in [1.807, 2.05) is 44.0 Å². The summed E-state index contributed by atoms with van der Waals surface area (Å²) < 4.78 is 1.12. The van der Waals surface area contributed by atoms with Gasteiger partial charge in [-0.05, 0) is 72.2 Å². The maximum atomic E-state index is 12.1. The molecule has 0 radical (unpaired) electrons. The Balaban J connectivity index is 1.88. The molecule has 0 saturated heterocycles. The molecule has 1 N–H and O–H groups in total. The van der Waals surface area contributed by atoms with Gasteiger partial charge in [-0.15, -0.1) is 11.3 Å². The highest BCUT2D eigenvalue weighted by atomic mass is 79.9. The van der Waals surface area contributed by atoms with Crippen molar-refractivity contribution in [3.05, 3.63) is 50.1 Å². The van der Waals surface area contributed by atoms with Crippen LogP contribution in [0.2, 0.25) is 0 Å². The number of benzene rings is 1. The second kappa shape index (κ2) is 7.20. The van der Waals surface area contributed by atoms with Crippen LogP contribution in [0.5, 0.6) is 0 Å². The Morgan fingerprint density at radius 2 is 1.90 bits per heavy atom. The van der Waals surface area contributed by atoms with Crippen LogP contribution in [0.4, 0.5) is 5.69 Å². The van der Waals surface area contributed by atoms with Crippen molar-refractivity contribution in [3.8, 4) is 0 Å². The Kier molecular flexibility index (Phi) is 5.56. The number of hydrogen-bond donors (Lipinski definition) is 1. The fourth-order valence-corrected chi connectivity index (χ4v) is 3.81. The molecule has 1 amide bonds. The van der Waals surface area contributed by atoms with Crippen molar-refractivity contribution in [1.82, 2.24) is 4.90 Å². The number of rotatable bonds is 5. The molecule has 0 aliphatic carbocycles. The van der Waals surface area contributed by atoms with Crippen LogP contribution in [0, 0.1) is 13.8 Å². The number of thiophene rings is 1. The first-order valence-corrected chi connectivity index (χ1v) is 8.34. The van der Waals surface area contributed by atoms with Gasteiger partial charge in [-0.1, -0.05) is 6.07 Å². The van der Waals surface area contributed by atoms with Crippen LogP contribution in [0.15, 0.2) is 34.1 Å². The normalized spacial score (nSPS) is 10.9. The Bertz CT molecular complexity index is 619. The summed E-state index contributed by atoms with van der Waals surface area (Å²) in [4.78, 5) is 15.3. The van der Waals surface area contributed by atoms with E-state index in [2.05, 4.69) is 33.4 Å². The van der Waals surface area contributed by atoms with Crippen LogP contribution in [0.3, 0.4) is 0 Å². The smallest absolute Gasteiger partial charge is 0.238 e. The van der Waals surface area contributed by atoms with Crippen molar-refractivity contribution in [2.24, 2.45) is 0 Å². The van der Waals surface area contributed by atoms with Crippen molar-refractivity contribution >= 4 is 38.9 Å². The van der Waals surface area contributed by atoms with Crippen molar-refractivity contribution < 1.29 is 4.79 Å². The van der Waals surface area contributed by atoms with Crippen LogP contribution in [-0.2, 0) is 11.3 Å². The summed E-state index contributed by atoms with van der Waals surface area (Å²) in [6.07, 6.45) is 0. The first kappa shape index (κ1) is 16.2. The predicted molar refractivity (Wildman–Crippen MR) is 92.9 cm³/mol. The molecule has 2 rings (SSSR count).